The molecule has 0 bridgehead atoms. The zero-order valence-corrected chi connectivity index (χ0v) is 15.0. The number of nitrogens with one attached hydrogen (secondary N) is 3. The lowest BCUT2D eigenvalue weighted by Crippen LogP contribution is -2.38. The number of fused-ring (bicyclic) bond motifs is 1. The molecule has 3 N–H and O–H groups in total. The van der Waals surface area contributed by atoms with E-state index in [9.17, 15) is 13.2 Å². The highest BCUT2D eigenvalue weighted by molar-refractivity contribution is 6.31. The summed E-state index contributed by atoms with van der Waals surface area (Å²) in [5, 5.41) is 7.40. The number of halogens is 4. The summed E-state index contributed by atoms with van der Waals surface area (Å²) in [5.74, 6) is 0.183. The van der Waals surface area contributed by atoms with Crippen molar-refractivity contribution in [3.05, 3.63) is 41.2 Å². The summed E-state index contributed by atoms with van der Waals surface area (Å²) in [6.07, 6.45) is -0.307. The van der Waals surface area contributed by atoms with Crippen molar-refractivity contribution in [2.24, 2.45) is 0 Å². The Kier molecular flexibility index (Phi) is 4.69. The highest BCUT2D eigenvalue weighted by Crippen LogP contribution is 2.39. The summed E-state index contributed by atoms with van der Waals surface area (Å²) >= 11 is 6.04. The van der Waals surface area contributed by atoms with Crippen molar-refractivity contribution in [2.75, 3.05) is 18.4 Å². The number of hydrogen-bond acceptors (Lipinski definition) is 4. The minimum Gasteiger partial charge on any atom is -0.360 e. The molecule has 1 fully saturated rings. The molecule has 0 aliphatic carbocycles. The van der Waals surface area contributed by atoms with Gasteiger partial charge in [-0.25, -0.2) is 9.97 Å². The first-order valence-corrected chi connectivity index (χ1v) is 8.98. The summed E-state index contributed by atoms with van der Waals surface area (Å²) in [7, 11) is 0. The van der Waals surface area contributed by atoms with Crippen LogP contribution in [0.25, 0.3) is 22.2 Å². The number of piperidine rings is 1. The Morgan fingerprint density at radius 1 is 1.26 bits per heavy atom. The maximum absolute atomic E-state index is 13.6. The van der Waals surface area contributed by atoms with Crippen molar-refractivity contribution >= 4 is 28.5 Å². The third-order valence-corrected chi connectivity index (χ3v) is 4.86. The van der Waals surface area contributed by atoms with E-state index < -0.39 is 11.7 Å². The van der Waals surface area contributed by atoms with E-state index in [1.165, 1.54) is 6.20 Å². The first-order valence-electron chi connectivity index (χ1n) is 8.60. The fraction of sp³-hybridized carbons (Fsp3) is 0.333. The van der Waals surface area contributed by atoms with Crippen LogP contribution < -0.4 is 10.6 Å². The van der Waals surface area contributed by atoms with Gasteiger partial charge in [-0.1, -0.05) is 11.6 Å². The van der Waals surface area contributed by atoms with Crippen LogP contribution >= 0.6 is 11.6 Å². The molecule has 27 heavy (non-hydrogen) atoms. The van der Waals surface area contributed by atoms with E-state index >= 15 is 0 Å². The highest BCUT2D eigenvalue weighted by Gasteiger charge is 2.36. The van der Waals surface area contributed by atoms with Gasteiger partial charge >= 0.3 is 6.18 Å². The molecule has 9 heteroatoms. The van der Waals surface area contributed by atoms with Gasteiger partial charge in [-0.2, -0.15) is 13.2 Å². The SMILES string of the molecule is FC(F)(F)c1cnc(N[C@H]2CCCNC2)nc1-c1c[nH]c2ccc(Cl)cc12. The Hall–Kier alpha value is -2.32. The van der Waals surface area contributed by atoms with E-state index in [1.807, 2.05) is 0 Å². The molecular weight excluding hydrogens is 379 g/mol. The van der Waals surface area contributed by atoms with Crippen molar-refractivity contribution in [2.45, 2.75) is 25.1 Å². The molecule has 1 aliphatic heterocycles. The number of aromatic amines is 1. The number of rotatable bonds is 3. The molecule has 0 spiro atoms. The van der Waals surface area contributed by atoms with Crippen LogP contribution in [0, 0.1) is 0 Å². The Morgan fingerprint density at radius 3 is 2.85 bits per heavy atom. The second kappa shape index (κ2) is 7.01. The smallest absolute Gasteiger partial charge is 0.360 e. The molecule has 0 radical (unpaired) electrons. The van der Waals surface area contributed by atoms with Gasteiger partial charge in [0.15, 0.2) is 0 Å². The van der Waals surface area contributed by atoms with Gasteiger partial charge in [0.05, 0.1) is 5.69 Å². The Balaban J connectivity index is 1.80. The predicted octanol–water partition coefficient (Wildman–Crippen LogP) is 4.46. The summed E-state index contributed by atoms with van der Waals surface area (Å²) in [6, 6.07) is 5.12. The van der Waals surface area contributed by atoms with Crippen LogP contribution in [0.5, 0.6) is 0 Å². The monoisotopic (exact) mass is 395 g/mol. The lowest BCUT2D eigenvalue weighted by molar-refractivity contribution is -0.137. The summed E-state index contributed by atoms with van der Waals surface area (Å²) in [4.78, 5) is 11.1. The average molecular weight is 396 g/mol. The minimum atomic E-state index is -4.57. The number of H-pyrrole nitrogens is 1. The van der Waals surface area contributed by atoms with Gasteiger partial charge in [-0.15, -0.1) is 0 Å². The van der Waals surface area contributed by atoms with Gasteiger partial charge in [0.2, 0.25) is 5.95 Å². The maximum atomic E-state index is 13.6. The lowest BCUT2D eigenvalue weighted by atomic mass is 10.1. The van der Waals surface area contributed by atoms with Gasteiger partial charge in [0, 0.05) is 46.5 Å². The number of anilines is 1. The van der Waals surface area contributed by atoms with Crippen molar-refractivity contribution in [1.82, 2.24) is 20.3 Å². The Morgan fingerprint density at radius 2 is 2.11 bits per heavy atom. The lowest BCUT2D eigenvalue weighted by Gasteiger charge is -2.24. The maximum Gasteiger partial charge on any atom is 0.419 e. The number of aromatic nitrogens is 3. The molecule has 2 aromatic heterocycles. The first kappa shape index (κ1) is 18.1. The average Bonchev–Trinajstić information content (AvgIpc) is 3.04. The van der Waals surface area contributed by atoms with E-state index in [1.54, 1.807) is 18.2 Å². The fourth-order valence-corrected chi connectivity index (χ4v) is 3.48. The molecule has 3 aromatic rings. The number of nitrogens with zero attached hydrogens (tertiary/aromatic N) is 2. The van der Waals surface area contributed by atoms with Crippen LogP contribution in [0.2, 0.25) is 5.02 Å². The molecule has 1 atom stereocenters. The second-order valence-corrected chi connectivity index (χ2v) is 6.97. The van der Waals surface area contributed by atoms with Gasteiger partial charge < -0.3 is 15.6 Å². The van der Waals surface area contributed by atoms with Crippen LogP contribution in [0.1, 0.15) is 18.4 Å². The molecule has 1 aromatic carbocycles. The predicted molar refractivity (Wildman–Crippen MR) is 98.9 cm³/mol. The minimum absolute atomic E-state index is 0.0840. The van der Waals surface area contributed by atoms with E-state index in [-0.39, 0.29) is 17.7 Å². The molecule has 3 heterocycles. The van der Waals surface area contributed by atoms with E-state index in [2.05, 4.69) is 25.6 Å². The number of benzene rings is 1. The fourth-order valence-electron chi connectivity index (χ4n) is 3.31. The zero-order valence-electron chi connectivity index (χ0n) is 14.2. The van der Waals surface area contributed by atoms with E-state index in [0.717, 1.165) is 32.1 Å². The molecular formula is C18H17ClF3N5. The first-order chi connectivity index (χ1) is 12.9. The molecule has 1 aliphatic rings. The van der Waals surface area contributed by atoms with Crippen molar-refractivity contribution in [3.8, 4) is 11.3 Å². The molecule has 142 valence electrons. The Bertz CT molecular complexity index is 963. The molecule has 4 rings (SSSR count). The van der Waals surface area contributed by atoms with Crippen molar-refractivity contribution in [3.63, 3.8) is 0 Å². The molecule has 1 saturated heterocycles. The molecule has 0 saturated carbocycles. The topological polar surface area (TPSA) is 65.6 Å². The van der Waals surface area contributed by atoms with Gasteiger partial charge in [-0.05, 0) is 37.6 Å². The van der Waals surface area contributed by atoms with Crippen LogP contribution in [0.15, 0.2) is 30.6 Å². The molecule has 0 unspecified atom stereocenters. The number of hydrogen-bond donors (Lipinski definition) is 3. The largest absolute Gasteiger partial charge is 0.419 e. The van der Waals surface area contributed by atoms with Gasteiger partial charge in [0.1, 0.15) is 5.56 Å². The molecule has 5 nitrogen and oxygen atoms in total. The van der Waals surface area contributed by atoms with Crippen molar-refractivity contribution in [1.29, 1.82) is 0 Å². The van der Waals surface area contributed by atoms with Crippen LogP contribution in [-0.2, 0) is 6.18 Å². The van der Waals surface area contributed by atoms with E-state index in [4.69, 9.17) is 11.6 Å². The van der Waals surface area contributed by atoms with Crippen LogP contribution in [0.3, 0.4) is 0 Å². The highest BCUT2D eigenvalue weighted by atomic mass is 35.5. The second-order valence-electron chi connectivity index (χ2n) is 6.53. The third kappa shape index (κ3) is 3.72. The number of alkyl halides is 3. The Labute approximate surface area is 158 Å². The summed E-state index contributed by atoms with van der Waals surface area (Å²) in [5.41, 5.74) is -0.0212. The van der Waals surface area contributed by atoms with Gasteiger partial charge in [0.25, 0.3) is 0 Å². The standard InChI is InChI=1S/C18H17ClF3N5/c19-10-3-4-15-12(6-10)13(8-24-15)16-14(18(20,21)22)9-25-17(27-16)26-11-2-1-5-23-7-11/h3-4,6,8-9,11,23-24H,1-2,5,7H2,(H,25,26,27)/t11-/m0/s1. The summed E-state index contributed by atoms with van der Waals surface area (Å²) in [6.45, 7) is 1.66. The van der Waals surface area contributed by atoms with Gasteiger partial charge in [-0.3, -0.25) is 0 Å². The zero-order chi connectivity index (χ0) is 19.0. The normalized spacial score (nSPS) is 18.0. The van der Waals surface area contributed by atoms with Crippen molar-refractivity contribution < 1.29 is 13.2 Å². The van der Waals surface area contributed by atoms with Crippen LogP contribution in [0.4, 0.5) is 19.1 Å². The quantitative estimate of drug-likeness (QED) is 0.612. The van der Waals surface area contributed by atoms with Crippen LogP contribution in [-0.4, -0.2) is 34.1 Å². The third-order valence-electron chi connectivity index (χ3n) is 4.62. The molecule has 0 amide bonds. The van der Waals surface area contributed by atoms with E-state index in [0.29, 0.717) is 21.5 Å². The summed E-state index contributed by atoms with van der Waals surface area (Å²) < 4.78 is 40.7.